The average molecular weight is 801 g/mol. The number of benzene rings is 2. The second kappa shape index (κ2) is 25.0. The van der Waals surface area contributed by atoms with Crippen LogP contribution in [0.4, 0.5) is 11.4 Å². The third-order valence-corrected chi connectivity index (χ3v) is 11.8. The number of likely N-dealkylation sites (N-methyl/N-ethyl adjacent to an activating group) is 2. The van der Waals surface area contributed by atoms with Gasteiger partial charge in [-0.25, -0.2) is 4.57 Å². The van der Waals surface area contributed by atoms with Crippen molar-refractivity contribution in [2.45, 2.75) is 31.8 Å². The fraction of sp³-hybridized carbons (Fsp3) is 0.386. The van der Waals surface area contributed by atoms with Gasteiger partial charge in [0.25, 0.3) is 0 Å². The summed E-state index contributed by atoms with van der Waals surface area (Å²) in [4.78, 5) is 33.7. The van der Waals surface area contributed by atoms with Crippen molar-refractivity contribution in [2.75, 3.05) is 82.7 Å². The summed E-state index contributed by atoms with van der Waals surface area (Å²) in [6, 6.07) is 19.9. The first kappa shape index (κ1) is 46.1. The first-order valence-electron chi connectivity index (χ1n) is 19.2. The Morgan fingerprint density at radius 2 is 1.11 bits per heavy atom. The molecule has 3 rings (SSSR count). The van der Waals surface area contributed by atoms with Gasteiger partial charge in [0.15, 0.2) is 12.4 Å². The molecule has 2 atom stereocenters. The summed E-state index contributed by atoms with van der Waals surface area (Å²) in [5.74, 6) is 0.728. The Bertz CT molecular complexity index is 1740. The van der Waals surface area contributed by atoms with E-state index in [-0.39, 0.29) is 11.8 Å². The predicted octanol–water partition coefficient (Wildman–Crippen LogP) is 4.65. The molecular weight excluding hydrogens is 737 g/mol. The van der Waals surface area contributed by atoms with E-state index in [0.717, 1.165) is 59.6 Å². The summed E-state index contributed by atoms with van der Waals surface area (Å²) >= 11 is 0. The van der Waals surface area contributed by atoms with Crippen LogP contribution in [-0.4, -0.2) is 107 Å². The van der Waals surface area contributed by atoms with Crippen LogP contribution in [0.2, 0.25) is 0 Å². The Morgan fingerprint density at radius 3 is 1.54 bits per heavy atom. The number of anilines is 2. The highest BCUT2D eigenvalue weighted by molar-refractivity contribution is 8.76. The summed E-state index contributed by atoms with van der Waals surface area (Å²) in [5, 5.41) is 2.02. The van der Waals surface area contributed by atoms with Crippen molar-refractivity contribution in [2.24, 2.45) is 18.5 Å². The van der Waals surface area contributed by atoms with Crippen LogP contribution in [0, 0.1) is 0 Å². The first-order chi connectivity index (χ1) is 26.9. The Balaban J connectivity index is 1.28. The summed E-state index contributed by atoms with van der Waals surface area (Å²) in [6.07, 6.45) is 20.4. The minimum atomic E-state index is -0.619. The SMILES string of the molecule is C/C=C(\C=C/[NH2+]C)/C=C/c1ccc(N(C)CCCN(C)C(=O)C(N)CSSCC(N)C(=O)N(C)CCCN(C)c2ccc(/C=C/c3cc[n+](C)cc3)cc2)cc1. The zero-order valence-electron chi connectivity index (χ0n) is 34.4. The molecule has 12 heteroatoms. The standard InChI is InChI=1S/C44H63N8O2S2/c1-8-35(23-26-47-2)11-12-36-15-19-39(20-16-36)49(4)27-9-29-51(6)43(53)41(45)33-55-56-34-42(46)44(54)52(7)30-10-28-50(5)40-21-17-37(18-22-40)13-14-38-24-31-48(3)32-25-38/h8,11-26,31-32,41-42,47H,9-10,27-30,33-34,45-46H2,1-7H3/q+1/p+1/b12-11+,26-23-,35-8-. The fourth-order valence-electron chi connectivity index (χ4n) is 5.66. The molecule has 56 heavy (non-hydrogen) atoms. The van der Waals surface area contributed by atoms with Gasteiger partial charge in [-0.1, -0.05) is 76.2 Å². The Hall–Kier alpha value is -4.33. The van der Waals surface area contributed by atoms with E-state index in [0.29, 0.717) is 24.6 Å². The van der Waals surface area contributed by atoms with Gasteiger partial charge in [0.05, 0.1) is 25.3 Å². The number of nitrogens with two attached hydrogens (primary N) is 3. The molecule has 0 saturated carbocycles. The van der Waals surface area contributed by atoms with E-state index in [4.69, 9.17) is 11.5 Å². The van der Waals surface area contributed by atoms with Crippen LogP contribution in [-0.2, 0) is 16.6 Å². The van der Waals surface area contributed by atoms with Crippen molar-refractivity contribution >= 4 is 63.0 Å². The molecule has 0 spiro atoms. The molecule has 0 aliphatic heterocycles. The second-order valence-corrected chi connectivity index (χ2v) is 16.5. The zero-order chi connectivity index (χ0) is 40.9. The van der Waals surface area contributed by atoms with Crippen LogP contribution < -0.4 is 31.2 Å². The van der Waals surface area contributed by atoms with Gasteiger partial charge in [-0.2, -0.15) is 0 Å². The van der Waals surface area contributed by atoms with Gasteiger partial charge in [-0.3, -0.25) is 9.59 Å². The van der Waals surface area contributed by atoms with Crippen molar-refractivity contribution in [1.82, 2.24) is 9.80 Å². The van der Waals surface area contributed by atoms with Gasteiger partial charge in [0.1, 0.15) is 7.05 Å². The average Bonchev–Trinajstić information content (AvgIpc) is 3.21. The van der Waals surface area contributed by atoms with Gasteiger partial charge in [-0.15, -0.1) is 0 Å². The molecule has 10 nitrogen and oxygen atoms in total. The molecule has 3 aromatic rings. The molecule has 0 radical (unpaired) electrons. The van der Waals surface area contributed by atoms with Gasteiger partial charge >= 0.3 is 0 Å². The molecule has 0 fully saturated rings. The van der Waals surface area contributed by atoms with Crippen molar-refractivity contribution in [3.63, 3.8) is 0 Å². The molecule has 1 aromatic heterocycles. The second-order valence-electron chi connectivity index (χ2n) is 14.0. The molecule has 0 bridgehead atoms. The maximum Gasteiger partial charge on any atom is 0.240 e. The number of rotatable bonds is 23. The van der Waals surface area contributed by atoms with Crippen LogP contribution >= 0.6 is 21.6 Å². The highest BCUT2D eigenvalue weighted by Gasteiger charge is 2.21. The summed E-state index contributed by atoms with van der Waals surface area (Å²) < 4.78 is 2.02. The summed E-state index contributed by atoms with van der Waals surface area (Å²) in [5.41, 5.74) is 19.4. The molecule has 2 amide bonds. The number of amides is 2. The van der Waals surface area contributed by atoms with Crippen LogP contribution in [0.5, 0.6) is 0 Å². The maximum atomic E-state index is 12.9. The number of carbonyl (C=O) groups is 2. The number of hydrogen-bond donors (Lipinski definition) is 3. The minimum Gasteiger partial charge on any atom is -0.375 e. The van der Waals surface area contributed by atoms with Crippen LogP contribution in [0.15, 0.2) is 103 Å². The van der Waals surface area contributed by atoms with Crippen molar-refractivity contribution in [3.8, 4) is 0 Å². The van der Waals surface area contributed by atoms with Crippen LogP contribution in [0.1, 0.15) is 36.5 Å². The largest absolute Gasteiger partial charge is 0.375 e. The number of pyridine rings is 1. The molecule has 2 aromatic carbocycles. The van der Waals surface area contributed by atoms with Crippen molar-refractivity contribution in [1.29, 1.82) is 0 Å². The first-order valence-corrected chi connectivity index (χ1v) is 21.7. The molecule has 2 unspecified atom stereocenters. The number of aromatic nitrogens is 1. The Morgan fingerprint density at radius 1 is 0.679 bits per heavy atom. The van der Waals surface area contributed by atoms with E-state index in [1.54, 1.807) is 23.9 Å². The van der Waals surface area contributed by atoms with Gasteiger partial charge in [-0.05, 0) is 72.4 Å². The number of allylic oxidation sites excluding steroid dienone is 4. The normalized spacial score (nSPS) is 13.1. The molecule has 302 valence electrons. The minimum absolute atomic E-state index is 0.0839. The molecule has 0 aliphatic rings. The van der Waals surface area contributed by atoms with Crippen molar-refractivity contribution in [3.05, 3.63) is 120 Å². The monoisotopic (exact) mass is 800 g/mol. The lowest BCUT2D eigenvalue weighted by molar-refractivity contribution is -0.671. The number of quaternary nitrogens is 1. The van der Waals surface area contributed by atoms with Crippen molar-refractivity contribution < 1.29 is 19.5 Å². The molecule has 0 aliphatic carbocycles. The van der Waals surface area contributed by atoms with Gasteiger partial charge in [0.2, 0.25) is 11.8 Å². The highest BCUT2D eigenvalue weighted by atomic mass is 33.1. The highest BCUT2D eigenvalue weighted by Crippen LogP contribution is 2.23. The molecule has 1 heterocycles. The topological polar surface area (TPSA) is 120 Å². The van der Waals surface area contributed by atoms with Gasteiger partial charge < -0.3 is 36.4 Å². The quantitative estimate of drug-likeness (QED) is 0.0550. The number of hydrogen-bond acceptors (Lipinski definition) is 8. The predicted molar refractivity (Wildman–Crippen MR) is 241 cm³/mol. The van der Waals surface area contributed by atoms with E-state index in [2.05, 4.69) is 121 Å². The third kappa shape index (κ3) is 16.4. The number of aryl methyl sites for hydroxylation is 1. The molecule has 0 saturated heterocycles. The lowest BCUT2D eigenvalue weighted by atomic mass is 10.1. The van der Waals surface area contributed by atoms with E-state index < -0.39 is 12.1 Å². The summed E-state index contributed by atoms with van der Waals surface area (Å²) in [6.45, 7) is 4.89. The number of carbonyl (C=O) groups excluding carboxylic acids is 2. The molecule has 6 N–H and O–H groups in total. The van der Waals surface area contributed by atoms with Gasteiger partial charge in [0, 0.05) is 89.4 Å². The fourth-order valence-corrected chi connectivity index (χ4v) is 7.89. The Kier molecular flexibility index (Phi) is 20.6. The third-order valence-electron chi connectivity index (χ3n) is 9.36. The summed E-state index contributed by atoms with van der Waals surface area (Å²) in [7, 11) is 14.7. The van der Waals surface area contributed by atoms with E-state index in [1.807, 2.05) is 49.5 Å². The van der Waals surface area contributed by atoms with E-state index in [9.17, 15) is 9.59 Å². The lowest BCUT2D eigenvalue weighted by Crippen LogP contribution is -2.72. The Labute approximate surface area is 343 Å². The zero-order valence-corrected chi connectivity index (χ0v) is 36.0. The van der Waals surface area contributed by atoms with Crippen LogP contribution in [0.3, 0.4) is 0 Å². The smallest absolute Gasteiger partial charge is 0.240 e. The lowest BCUT2D eigenvalue weighted by Gasteiger charge is -2.24. The number of nitrogens with zero attached hydrogens (tertiary/aromatic N) is 5. The van der Waals surface area contributed by atoms with Crippen LogP contribution in [0.25, 0.3) is 18.2 Å². The van der Waals surface area contributed by atoms with E-state index >= 15 is 0 Å². The maximum absolute atomic E-state index is 12.9. The molecular formula is C44H64N8O2S2+2. The van der Waals surface area contributed by atoms with E-state index in [1.165, 1.54) is 21.6 Å².